The number of nitrogens with zero attached hydrogens (tertiary/aromatic N) is 1. The molecule has 1 saturated heterocycles. The van der Waals surface area contributed by atoms with E-state index in [4.69, 9.17) is 28.6 Å². The van der Waals surface area contributed by atoms with Gasteiger partial charge in [0.05, 0.1) is 11.4 Å². The number of carbonyl (C=O) groups is 1. The largest absolute Gasteiger partial charge is 0.457 e. The smallest absolute Gasteiger partial charge is 0.243 e. The highest BCUT2D eigenvalue weighted by Gasteiger charge is 2.27. The molecule has 0 aromatic heterocycles. The van der Waals surface area contributed by atoms with Crippen molar-refractivity contribution in [3.05, 3.63) is 53.6 Å². The number of hydrogen-bond donors (Lipinski definition) is 0. The third-order valence-electron chi connectivity index (χ3n) is 2.90. The number of anilines is 1. The Hall–Kier alpha value is -1.56. The number of ether oxygens (including phenoxy) is 1. The van der Waals surface area contributed by atoms with Crippen LogP contribution in [-0.2, 0) is 4.79 Å². The van der Waals surface area contributed by atoms with Crippen molar-refractivity contribution in [2.24, 2.45) is 0 Å². The van der Waals surface area contributed by atoms with Gasteiger partial charge in [-0.25, -0.2) is 0 Å². The van der Waals surface area contributed by atoms with E-state index in [-0.39, 0.29) is 5.91 Å². The van der Waals surface area contributed by atoms with Crippen molar-refractivity contribution in [3.63, 3.8) is 0 Å². The lowest BCUT2D eigenvalue weighted by Crippen LogP contribution is -2.27. The molecule has 0 atom stereocenters. The first-order chi connectivity index (χ1) is 10.1. The van der Waals surface area contributed by atoms with Crippen LogP contribution in [0.25, 0.3) is 0 Å². The van der Waals surface area contributed by atoms with Crippen LogP contribution in [0.1, 0.15) is 0 Å². The summed E-state index contributed by atoms with van der Waals surface area (Å²) in [7, 11) is 0. The molecule has 0 saturated carbocycles. The Morgan fingerprint density at radius 2 is 1.62 bits per heavy atom. The predicted octanol–water partition coefficient (Wildman–Crippen LogP) is 4.50. The standard InChI is InChI=1S/C15H10ClNO2S2/c16-10-1-5-12(6-2-10)19-13-7-3-11(4-8-13)17-14(18)9-21-15(17)20/h1-8H,9H2. The van der Waals surface area contributed by atoms with E-state index in [0.29, 0.717) is 26.6 Å². The van der Waals surface area contributed by atoms with Gasteiger partial charge in [-0.3, -0.25) is 9.69 Å². The Morgan fingerprint density at radius 1 is 1.05 bits per heavy atom. The van der Waals surface area contributed by atoms with E-state index < -0.39 is 0 Å². The van der Waals surface area contributed by atoms with Gasteiger partial charge in [0.25, 0.3) is 0 Å². The Balaban J connectivity index is 1.76. The molecule has 0 N–H and O–H groups in total. The van der Waals surface area contributed by atoms with E-state index in [1.54, 1.807) is 29.2 Å². The maximum Gasteiger partial charge on any atom is 0.243 e. The Labute approximate surface area is 136 Å². The number of thioether (sulfide) groups is 1. The molecule has 1 heterocycles. The minimum atomic E-state index is 0.0105. The fourth-order valence-electron chi connectivity index (χ4n) is 1.91. The molecule has 1 aliphatic rings. The zero-order chi connectivity index (χ0) is 14.8. The average molecular weight is 336 g/mol. The van der Waals surface area contributed by atoms with E-state index >= 15 is 0 Å². The number of thiocarbonyl (C=S) groups is 1. The van der Waals surface area contributed by atoms with Crippen LogP contribution in [-0.4, -0.2) is 16.0 Å². The second kappa shape index (κ2) is 6.05. The molecule has 2 aromatic rings. The van der Waals surface area contributed by atoms with E-state index in [0.717, 1.165) is 5.69 Å². The molecule has 6 heteroatoms. The minimum absolute atomic E-state index is 0.0105. The van der Waals surface area contributed by atoms with Gasteiger partial charge >= 0.3 is 0 Å². The molecule has 0 unspecified atom stereocenters. The molecule has 106 valence electrons. The molecule has 0 radical (unpaired) electrons. The minimum Gasteiger partial charge on any atom is -0.457 e. The van der Waals surface area contributed by atoms with Gasteiger partial charge < -0.3 is 4.74 Å². The topological polar surface area (TPSA) is 29.5 Å². The van der Waals surface area contributed by atoms with Gasteiger partial charge in [0, 0.05) is 5.02 Å². The first-order valence-electron chi connectivity index (χ1n) is 6.17. The summed E-state index contributed by atoms with van der Waals surface area (Å²) in [6.07, 6.45) is 0. The van der Waals surface area contributed by atoms with Gasteiger partial charge in [0.2, 0.25) is 5.91 Å². The number of carbonyl (C=O) groups excluding carboxylic acids is 1. The molecule has 0 aliphatic carbocycles. The van der Waals surface area contributed by atoms with E-state index in [1.165, 1.54) is 11.8 Å². The summed E-state index contributed by atoms with van der Waals surface area (Å²) in [6.45, 7) is 0. The first-order valence-corrected chi connectivity index (χ1v) is 7.94. The van der Waals surface area contributed by atoms with Crippen molar-refractivity contribution in [1.29, 1.82) is 0 Å². The van der Waals surface area contributed by atoms with Crippen LogP contribution in [0.3, 0.4) is 0 Å². The molecular weight excluding hydrogens is 326 g/mol. The molecule has 1 amide bonds. The molecule has 21 heavy (non-hydrogen) atoms. The molecule has 0 spiro atoms. The maximum absolute atomic E-state index is 11.8. The molecule has 2 aromatic carbocycles. The van der Waals surface area contributed by atoms with Crippen molar-refractivity contribution in [3.8, 4) is 11.5 Å². The lowest BCUT2D eigenvalue weighted by molar-refractivity contribution is -0.115. The number of hydrogen-bond acceptors (Lipinski definition) is 4. The van der Waals surface area contributed by atoms with Crippen LogP contribution in [0, 0.1) is 0 Å². The normalized spacial score (nSPS) is 14.6. The maximum atomic E-state index is 11.8. The number of benzene rings is 2. The van der Waals surface area contributed by atoms with Crippen LogP contribution in [0.5, 0.6) is 11.5 Å². The summed E-state index contributed by atoms with van der Waals surface area (Å²) in [6, 6.07) is 14.4. The van der Waals surface area contributed by atoms with Crippen molar-refractivity contribution >= 4 is 51.5 Å². The van der Waals surface area contributed by atoms with Crippen molar-refractivity contribution in [2.45, 2.75) is 0 Å². The predicted molar refractivity (Wildman–Crippen MR) is 90.5 cm³/mol. The third kappa shape index (κ3) is 3.20. The summed E-state index contributed by atoms with van der Waals surface area (Å²) in [5.41, 5.74) is 0.762. The van der Waals surface area contributed by atoms with Gasteiger partial charge in [0.15, 0.2) is 0 Å². The van der Waals surface area contributed by atoms with Crippen molar-refractivity contribution in [1.82, 2.24) is 0 Å². The van der Waals surface area contributed by atoms with Crippen LogP contribution in [0.4, 0.5) is 5.69 Å². The van der Waals surface area contributed by atoms with Crippen molar-refractivity contribution in [2.75, 3.05) is 10.7 Å². The van der Waals surface area contributed by atoms with Gasteiger partial charge in [0.1, 0.15) is 15.8 Å². The monoisotopic (exact) mass is 335 g/mol. The Morgan fingerprint density at radius 3 is 2.14 bits per heavy atom. The number of amides is 1. The zero-order valence-corrected chi connectivity index (χ0v) is 13.2. The van der Waals surface area contributed by atoms with Crippen LogP contribution < -0.4 is 9.64 Å². The molecule has 3 nitrogen and oxygen atoms in total. The number of rotatable bonds is 3. The Kier molecular flexibility index (Phi) is 4.14. The fourth-order valence-corrected chi connectivity index (χ4v) is 3.13. The van der Waals surface area contributed by atoms with Gasteiger partial charge in [-0.2, -0.15) is 0 Å². The van der Waals surface area contributed by atoms with Crippen LogP contribution in [0.2, 0.25) is 5.02 Å². The highest BCUT2D eigenvalue weighted by Crippen LogP contribution is 2.29. The van der Waals surface area contributed by atoms with Gasteiger partial charge in [-0.1, -0.05) is 35.6 Å². The lowest BCUT2D eigenvalue weighted by Gasteiger charge is -2.15. The summed E-state index contributed by atoms with van der Waals surface area (Å²) in [5, 5.41) is 0.663. The van der Waals surface area contributed by atoms with Gasteiger partial charge in [-0.15, -0.1) is 0 Å². The summed E-state index contributed by atoms with van der Waals surface area (Å²) >= 11 is 12.4. The SMILES string of the molecule is O=C1CSC(=S)N1c1ccc(Oc2ccc(Cl)cc2)cc1. The van der Waals surface area contributed by atoms with Crippen LogP contribution >= 0.6 is 35.6 Å². The second-order valence-electron chi connectivity index (χ2n) is 4.33. The zero-order valence-electron chi connectivity index (χ0n) is 10.8. The highest BCUT2D eigenvalue weighted by molar-refractivity contribution is 8.24. The quantitative estimate of drug-likeness (QED) is 0.772. The second-order valence-corrected chi connectivity index (χ2v) is 6.38. The van der Waals surface area contributed by atoms with Crippen LogP contribution in [0.15, 0.2) is 48.5 Å². The summed E-state index contributed by atoms with van der Waals surface area (Å²) < 4.78 is 6.29. The lowest BCUT2D eigenvalue weighted by atomic mass is 10.2. The molecule has 1 aliphatic heterocycles. The van der Waals surface area contributed by atoms with E-state index in [1.807, 2.05) is 24.3 Å². The molecule has 3 rings (SSSR count). The first kappa shape index (κ1) is 14.4. The number of halogens is 1. The van der Waals surface area contributed by atoms with Gasteiger partial charge in [-0.05, 0) is 48.5 Å². The Bertz CT molecular complexity index is 670. The molecular formula is C15H10ClNO2S2. The molecule has 0 bridgehead atoms. The van der Waals surface area contributed by atoms with Crippen molar-refractivity contribution < 1.29 is 9.53 Å². The average Bonchev–Trinajstić information content (AvgIpc) is 2.82. The summed E-state index contributed by atoms with van der Waals surface area (Å²) in [5.74, 6) is 1.81. The highest BCUT2D eigenvalue weighted by atomic mass is 35.5. The molecule has 1 fully saturated rings. The fraction of sp³-hybridized carbons (Fsp3) is 0.0667. The van der Waals surface area contributed by atoms with E-state index in [9.17, 15) is 4.79 Å². The third-order valence-corrected chi connectivity index (χ3v) is 4.50. The summed E-state index contributed by atoms with van der Waals surface area (Å²) in [4.78, 5) is 13.3. The van der Waals surface area contributed by atoms with E-state index in [2.05, 4.69) is 0 Å².